The van der Waals surface area contributed by atoms with E-state index in [1.165, 1.54) is 0 Å². The molecule has 136 valence electrons. The summed E-state index contributed by atoms with van der Waals surface area (Å²) < 4.78 is 5.43. The Morgan fingerprint density at radius 3 is 2.73 bits per heavy atom. The number of nitrogens with zero attached hydrogens (tertiary/aromatic N) is 2. The summed E-state index contributed by atoms with van der Waals surface area (Å²) in [5.41, 5.74) is 1.55. The maximum absolute atomic E-state index is 12.5. The molecule has 2 amide bonds. The molecule has 0 saturated carbocycles. The van der Waals surface area contributed by atoms with E-state index in [1.807, 2.05) is 56.3 Å². The molecule has 1 N–H and O–H groups in total. The normalized spacial score (nSPS) is 14.6. The molecule has 0 radical (unpaired) electrons. The van der Waals surface area contributed by atoms with Gasteiger partial charge in [-0.15, -0.1) is 0 Å². The van der Waals surface area contributed by atoms with E-state index in [-0.39, 0.29) is 36.8 Å². The number of aromatic nitrogens is 1. The van der Waals surface area contributed by atoms with Crippen LogP contribution in [0.2, 0.25) is 0 Å². The van der Waals surface area contributed by atoms with E-state index < -0.39 is 0 Å². The van der Waals surface area contributed by atoms with Crippen LogP contribution >= 0.6 is 0 Å². The van der Waals surface area contributed by atoms with Gasteiger partial charge in [0.2, 0.25) is 5.91 Å². The number of benzene rings is 1. The zero-order chi connectivity index (χ0) is 18.5. The van der Waals surface area contributed by atoms with E-state index in [1.54, 1.807) is 11.1 Å². The summed E-state index contributed by atoms with van der Waals surface area (Å²) in [7, 11) is 0. The molecule has 6 nitrogen and oxygen atoms in total. The van der Waals surface area contributed by atoms with E-state index >= 15 is 0 Å². The van der Waals surface area contributed by atoms with Crippen LogP contribution in [0.5, 0.6) is 5.75 Å². The van der Waals surface area contributed by atoms with Gasteiger partial charge in [0.25, 0.3) is 5.91 Å². The first kappa shape index (κ1) is 17.9. The monoisotopic (exact) mass is 353 g/mol. The minimum absolute atomic E-state index is 0.00118. The minimum atomic E-state index is -0.156. The molecule has 2 heterocycles. The van der Waals surface area contributed by atoms with Crippen LogP contribution in [0.4, 0.5) is 5.69 Å². The largest absolute Gasteiger partial charge is 0.482 e. The van der Waals surface area contributed by atoms with Crippen molar-refractivity contribution in [2.24, 2.45) is 5.92 Å². The number of para-hydroxylation sites is 2. The molecular formula is C20H23N3O3. The molecule has 0 spiro atoms. The van der Waals surface area contributed by atoms with Crippen LogP contribution in [0.15, 0.2) is 48.7 Å². The first-order chi connectivity index (χ1) is 12.6. The second-order valence-electron chi connectivity index (χ2n) is 6.60. The second kappa shape index (κ2) is 7.99. The van der Waals surface area contributed by atoms with Gasteiger partial charge in [0, 0.05) is 19.2 Å². The highest BCUT2D eigenvalue weighted by Gasteiger charge is 2.26. The van der Waals surface area contributed by atoms with E-state index in [0.29, 0.717) is 18.0 Å². The number of nitrogens with one attached hydrogen (secondary N) is 1. The van der Waals surface area contributed by atoms with Gasteiger partial charge in [-0.25, -0.2) is 0 Å². The fourth-order valence-electron chi connectivity index (χ4n) is 3.00. The van der Waals surface area contributed by atoms with Gasteiger partial charge < -0.3 is 15.0 Å². The van der Waals surface area contributed by atoms with Crippen molar-refractivity contribution in [1.82, 2.24) is 10.3 Å². The minimum Gasteiger partial charge on any atom is -0.482 e. The van der Waals surface area contributed by atoms with Gasteiger partial charge in [-0.2, -0.15) is 0 Å². The van der Waals surface area contributed by atoms with Crippen LogP contribution in [0, 0.1) is 5.92 Å². The fraction of sp³-hybridized carbons (Fsp3) is 0.350. The molecular weight excluding hydrogens is 330 g/mol. The van der Waals surface area contributed by atoms with Crippen molar-refractivity contribution in [2.75, 3.05) is 18.1 Å². The lowest BCUT2D eigenvalue weighted by molar-refractivity contribution is -0.122. The SMILES string of the molecule is CC(C)C(NC(=O)CCN1C(=O)COc2ccccc21)c1ccccn1. The number of carbonyl (C=O) groups excluding carboxylic acids is 2. The van der Waals surface area contributed by atoms with E-state index in [2.05, 4.69) is 10.3 Å². The summed E-state index contributed by atoms with van der Waals surface area (Å²) in [5.74, 6) is 0.633. The third kappa shape index (κ3) is 4.02. The molecule has 26 heavy (non-hydrogen) atoms. The Hall–Kier alpha value is -2.89. The van der Waals surface area contributed by atoms with Crippen LogP contribution in [0.25, 0.3) is 0 Å². The molecule has 1 aliphatic heterocycles. The molecule has 1 aromatic heterocycles. The van der Waals surface area contributed by atoms with Crippen LogP contribution in [-0.2, 0) is 9.59 Å². The lowest BCUT2D eigenvalue weighted by Crippen LogP contribution is -2.41. The molecule has 6 heteroatoms. The number of anilines is 1. The molecule has 0 bridgehead atoms. The number of pyridine rings is 1. The molecule has 0 fully saturated rings. The van der Waals surface area contributed by atoms with Crippen LogP contribution < -0.4 is 15.0 Å². The summed E-state index contributed by atoms with van der Waals surface area (Å²) in [6, 6.07) is 12.9. The topological polar surface area (TPSA) is 71.5 Å². The van der Waals surface area contributed by atoms with Gasteiger partial charge >= 0.3 is 0 Å². The molecule has 1 aliphatic rings. The fourth-order valence-corrected chi connectivity index (χ4v) is 3.00. The number of carbonyl (C=O) groups is 2. The summed E-state index contributed by atoms with van der Waals surface area (Å²) in [5, 5.41) is 3.04. The summed E-state index contributed by atoms with van der Waals surface area (Å²) >= 11 is 0. The van der Waals surface area contributed by atoms with E-state index in [0.717, 1.165) is 5.69 Å². The van der Waals surface area contributed by atoms with Crippen molar-refractivity contribution >= 4 is 17.5 Å². The summed E-state index contributed by atoms with van der Waals surface area (Å²) in [6.45, 7) is 4.40. The van der Waals surface area contributed by atoms with Crippen molar-refractivity contribution in [3.63, 3.8) is 0 Å². The van der Waals surface area contributed by atoms with Crippen molar-refractivity contribution in [3.05, 3.63) is 54.4 Å². The van der Waals surface area contributed by atoms with E-state index in [9.17, 15) is 9.59 Å². The molecule has 1 aromatic carbocycles. The highest BCUT2D eigenvalue weighted by atomic mass is 16.5. The van der Waals surface area contributed by atoms with Gasteiger partial charge in [0.15, 0.2) is 6.61 Å². The average molecular weight is 353 g/mol. The highest BCUT2D eigenvalue weighted by Crippen LogP contribution is 2.31. The van der Waals surface area contributed by atoms with Gasteiger partial charge in [-0.1, -0.05) is 32.0 Å². The number of amides is 2. The molecule has 1 unspecified atom stereocenters. The zero-order valence-corrected chi connectivity index (χ0v) is 15.0. The van der Waals surface area contributed by atoms with Gasteiger partial charge in [-0.3, -0.25) is 14.6 Å². The van der Waals surface area contributed by atoms with Gasteiger partial charge in [0.05, 0.1) is 17.4 Å². The molecule has 0 aliphatic carbocycles. The van der Waals surface area contributed by atoms with Crippen molar-refractivity contribution in [3.8, 4) is 5.75 Å². The third-order valence-corrected chi connectivity index (χ3v) is 4.36. The van der Waals surface area contributed by atoms with Crippen LogP contribution in [0.3, 0.4) is 0 Å². The Balaban J connectivity index is 1.64. The number of rotatable bonds is 6. The lowest BCUT2D eigenvalue weighted by Gasteiger charge is -2.29. The predicted molar refractivity (Wildman–Crippen MR) is 98.9 cm³/mol. The van der Waals surface area contributed by atoms with Crippen molar-refractivity contribution < 1.29 is 14.3 Å². The second-order valence-corrected chi connectivity index (χ2v) is 6.60. The Labute approximate surface area is 153 Å². The van der Waals surface area contributed by atoms with Crippen LogP contribution in [0.1, 0.15) is 32.0 Å². The first-order valence-corrected chi connectivity index (χ1v) is 8.78. The number of hydrogen-bond donors (Lipinski definition) is 1. The van der Waals surface area contributed by atoms with Crippen LogP contribution in [-0.4, -0.2) is 29.9 Å². The van der Waals surface area contributed by atoms with Crippen molar-refractivity contribution in [2.45, 2.75) is 26.3 Å². The maximum atomic E-state index is 12.5. The predicted octanol–water partition coefficient (Wildman–Crippen LogP) is 2.71. The molecule has 0 saturated heterocycles. The number of ether oxygens (including phenoxy) is 1. The lowest BCUT2D eigenvalue weighted by atomic mass is 10.00. The van der Waals surface area contributed by atoms with Crippen molar-refractivity contribution in [1.29, 1.82) is 0 Å². The molecule has 3 rings (SSSR count). The Kier molecular flexibility index (Phi) is 5.51. The number of hydrogen-bond acceptors (Lipinski definition) is 4. The van der Waals surface area contributed by atoms with E-state index in [4.69, 9.17) is 4.74 Å². The Bertz CT molecular complexity index is 777. The summed E-state index contributed by atoms with van der Waals surface area (Å²) in [4.78, 5) is 30.6. The Morgan fingerprint density at radius 2 is 2.00 bits per heavy atom. The maximum Gasteiger partial charge on any atom is 0.265 e. The van der Waals surface area contributed by atoms with Gasteiger partial charge in [-0.05, 0) is 30.2 Å². The summed E-state index contributed by atoms with van der Waals surface area (Å²) in [6.07, 6.45) is 1.94. The number of fused-ring (bicyclic) bond motifs is 1. The zero-order valence-electron chi connectivity index (χ0n) is 15.0. The smallest absolute Gasteiger partial charge is 0.265 e. The highest BCUT2D eigenvalue weighted by molar-refractivity contribution is 5.98. The third-order valence-electron chi connectivity index (χ3n) is 4.36. The molecule has 2 aromatic rings. The first-order valence-electron chi connectivity index (χ1n) is 8.78. The average Bonchev–Trinajstić information content (AvgIpc) is 2.65. The quantitative estimate of drug-likeness (QED) is 0.867. The van der Waals surface area contributed by atoms with Gasteiger partial charge in [0.1, 0.15) is 5.75 Å². The standard InChI is InChI=1S/C20H23N3O3/c1-14(2)20(15-7-5-6-11-21-15)22-18(24)10-12-23-16-8-3-4-9-17(16)26-13-19(23)25/h3-9,11,14,20H,10,12-13H2,1-2H3,(H,22,24). The molecule has 1 atom stereocenters. The Morgan fingerprint density at radius 1 is 1.23 bits per heavy atom.